The van der Waals surface area contributed by atoms with E-state index in [2.05, 4.69) is 10.3 Å². The first-order chi connectivity index (χ1) is 8.49. The average Bonchev–Trinajstić information content (AvgIpc) is 2.29. The third-order valence-electron chi connectivity index (χ3n) is 2.34. The number of hydrogen-bond donors (Lipinski definition) is 2. The van der Waals surface area contributed by atoms with Gasteiger partial charge in [0, 0.05) is 19.2 Å². The van der Waals surface area contributed by atoms with Gasteiger partial charge in [-0.1, -0.05) is 19.9 Å². The number of hydrogen-bond acceptors (Lipinski definition) is 1. The zero-order chi connectivity index (χ0) is 13.5. The highest BCUT2D eigenvalue weighted by atomic mass is 19.1. The fourth-order valence-electron chi connectivity index (χ4n) is 1.39. The quantitative estimate of drug-likeness (QED) is 0.625. The van der Waals surface area contributed by atoms with Gasteiger partial charge in [-0.3, -0.25) is 4.99 Å². The molecule has 0 radical (unpaired) electrons. The minimum absolute atomic E-state index is 0.353. The van der Waals surface area contributed by atoms with Crippen LogP contribution in [0, 0.1) is 17.6 Å². The molecule has 18 heavy (non-hydrogen) atoms. The van der Waals surface area contributed by atoms with Gasteiger partial charge in [-0.15, -0.1) is 0 Å². The number of guanidine groups is 1. The first-order valence-corrected chi connectivity index (χ1v) is 5.96. The maximum absolute atomic E-state index is 13.3. The van der Waals surface area contributed by atoms with E-state index in [-0.39, 0.29) is 0 Å². The van der Waals surface area contributed by atoms with Crippen LogP contribution in [0.25, 0.3) is 0 Å². The third kappa shape index (κ3) is 5.12. The summed E-state index contributed by atoms with van der Waals surface area (Å²) in [5.41, 5.74) is 6.09. The summed E-state index contributed by atoms with van der Waals surface area (Å²) in [6.45, 7) is 5.22. The van der Waals surface area contributed by atoms with Gasteiger partial charge in [-0.2, -0.15) is 0 Å². The van der Waals surface area contributed by atoms with E-state index in [1.165, 1.54) is 12.1 Å². The van der Waals surface area contributed by atoms with Crippen molar-refractivity contribution in [2.75, 3.05) is 13.1 Å². The number of aliphatic imine (C=N–C) groups is 1. The Balaban J connectivity index is 2.39. The van der Waals surface area contributed by atoms with Gasteiger partial charge < -0.3 is 11.1 Å². The average molecular weight is 255 g/mol. The molecule has 100 valence electrons. The second-order valence-corrected chi connectivity index (χ2v) is 4.53. The van der Waals surface area contributed by atoms with Crippen molar-refractivity contribution in [2.24, 2.45) is 16.6 Å². The molecule has 0 fully saturated rings. The van der Waals surface area contributed by atoms with E-state index in [1.807, 2.05) is 13.8 Å². The minimum Gasteiger partial charge on any atom is -0.370 e. The molecule has 0 unspecified atom stereocenters. The largest absolute Gasteiger partial charge is 0.370 e. The molecular weight excluding hydrogens is 236 g/mol. The number of halogens is 2. The lowest BCUT2D eigenvalue weighted by atomic mass is 10.1. The van der Waals surface area contributed by atoms with Crippen molar-refractivity contribution in [2.45, 2.75) is 20.3 Å². The molecule has 0 aliphatic carbocycles. The summed E-state index contributed by atoms with van der Waals surface area (Å²) < 4.78 is 26.0. The van der Waals surface area contributed by atoms with Crippen LogP contribution in [-0.4, -0.2) is 19.0 Å². The lowest BCUT2D eigenvalue weighted by molar-refractivity contribution is 0.570. The molecule has 0 heterocycles. The van der Waals surface area contributed by atoms with Crippen molar-refractivity contribution >= 4 is 5.96 Å². The van der Waals surface area contributed by atoms with E-state index in [4.69, 9.17) is 5.73 Å². The third-order valence-corrected chi connectivity index (χ3v) is 2.34. The summed E-state index contributed by atoms with van der Waals surface area (Å²) in [5.74, 6) is -0.303. The Bertz CT molecular complexity index is 417. The van der Waals surface area contributed by atoms with Crippen LogP contribution >= 0.6 is 0 Å². The predicted octanol–water partition coefficient (Wildman–Crippen LogP) is 2.07. The van der Waals surface area contributed by atoms with Crippen LogP contribution in [0.3, 0.4) is 0 Å². The zero-order valence-corrected chi connectivity index (χ0v) is 10.7. The highest BCUT2D eigenvalue weighted by Crippen LogP contribution is 2.09. The smallest absolute Gasteiger partial charge is 0.188 e. The van der Waals surface area contributed by atoms with Crippen molar-refractivity contribution in [3.63, 3.8) is 0 Å². The van der Waals surface area contributed by atoms with E-state index in [1.54, 1.807) is 0 Å². The maximum Gasteiger partial charge on any atom is 0.188 e. The van der Waals surface area contributed by atoms with Gasteiger partial charge in [0.05, 0.1) is 0 Å². The SMILES string of the molecule is CC(C)CN=C(N)NCCc1ccc(F)cc1F. The van der Waals surface area contributed by atoms with Crippen LogP contribution in [0.5, 0.6) is 0 Å². The predicted molar refractivity (Wildman–Crippen MR) is 69.4 cm³/mol. The molecule has 0 aliphatic heterocycles. The summed E-state index contributed by atoms with van der Waals surface area (Å²) in [4.78, 5) is 4.12. The molecule has 3 N–H and O–H groups in total. The topological polar surface area (TPSA) is 50.4 Å². The van der Waals surface area contributed by atoms with Gasteiger partial charge in [-0.25, -0.2) is 8.78 Å². The van der Waals surface area contributed by atoms with Crippen LogP contribution in [0.2, 0.25) is 0 Å². The van der Waals surface area contributed by atoms with E-state index < -0.39 is 11.6 Å². The van der Waals surface area contributed by atoms with Crippen LogP contribution < -0.4 is 11.1 Å². The second-order valence-electron chi connectivity index (χ2n) is 4.53. The van der Waals surface area contributed by atoms with E-state index in [0.717, 1.165) is 6.07 Å². The molecule has 1 aromatic carbocycles. The van der Waals surface area contributed by atoms with Gasteiger partial charge in [-0.05, 0) is 24.0 Å². The molecule has 5 heteroatoms. The first-order valence-electron chi connectivity index (χ1n) is 5.96. The highest BCUT2D eigenvalue weighted by molar-refractivity contribution is 5.77. The summed E-state index contributed by atoms with van der Waals surface area (Å²) in [5, 5.41) is 2.90. The zero-order valence-electron chi connectivity index (χ0n) is 10.7. The molecule has 0 spiro atoms. The van der Waals surface area contributed by atoms with Crippen LogP contribution in [0.1, 0.15) is 19.4 Å². The Morgan fingerprint density at radius 1 is 1.39 bits per heavy atom. The van der Waals surface area contributed by atoms with Crippen molar-refractivity contribution in [3.8, 4) is 0 Å². The van der Waals surface area contributed by atoms with Gasteiger partial charge >= 0.3 is 0 Å². The number of rotatable bonds is 5. The molecule has 1 aromatic rings. The highest BCUT2D eigenvalue weighted by Gasteiger charge is 2.03. The first kappa shape index (κ1) is 14.4. The number of nitrogens with zero attached hydrogens (tertiary/aromatic N) is 1. The molecule has 0 amide bonds. The normalized spacial score (nSPS) is 11.9. The molecule has 0 aliphatic rings. The van der Waals surface area contributed by atoms with Crippen LogP contribution in [0.4, 0.5) is 8.78 Å². The molecule has 3 nitrogen and oxygen atoms in total. The Hall–Kier alpha value is -1.65. The molecule has 0 saturated heterocycles. The van der Waals surface area contributed by atoms with Gasteiger partial charge in [0.15, 0.2) is 5.96 Å². The molecule has 0 bridgehead atoms. The van der Waals surface area contributed by atoms with Gasteiger partial charge in [0.2, 0.25) is 0 Å². The molecular formula is C13H19F2N3. The maximum atomic E-state index is 13.3. The van der Waals surface area contributed by atoms with Crippen molar-refractivity contribution < 1.29 is 8.78 Å². The lowest BCUT2D eigenvalue weighted by Gasteiger charge is -2.07. The molecule has 0 saturated carbocycles. The molecule has 0 atom stereocenters. The van der Waals surface area contributed by atoms with Crippen LogP contribution in [0.15, 0.2) is 23.2 Å². The standard InChI is InChI=1S/C13H19F2N3/c1-9(2)8-18-13(16)17-6-5-10-3-4-11(14)7-12(10)15/h3-4,7,9H,5-6,8H2,1-2H3,(H3,16,17,18). The van der Waals surface area contributed by atoms with Crippen molar-refractivity contribution in [3.05, 3.63) is 35.4 Å². The van der Waals surface area contributed by atoms with Gasteiger partial charge in [0.25, 0.3) is 0 Å². The molecule has 0 aromatic heterocycles. The van der Waals surface area contributed by atoms with E-state index in [9.17, 15) is 8.78 Å². The summed E-state index contributed by atoms with van der Waals surface area (Å²) >= 11 is 0. The monoisotopic (exact) mass is 255 g/mol. The Labute approximate surface area is 106 Å². The Morgan fingerprint density at radius 3 is 2.72 bits per heavy atom. The van der Waals surface area contributed by atoms with E-state index in [0.29, 0.717) is 37.0 Å². The summed E-state index contributed by atoms with van der Waals surface area (Å²) in [7, 11) is 0. The summed E-state index contributed by atoms with van der Waals surface area (Å²) in [6.07, 6.45) is 0.435. The Morgan fingerprint density at radius 2 is 2.11 bits per heavy atom. The lowest BCUT2D eigenvalue weighted by Crippen LogP contribution is -2.33. The number of nitrogens with two attached hydrogens (primary N) is 1. The Kier molecular flexibility index (Phi) is 5.55. The number of benzene rings is 1. The van der Waals surface area contributed by atoms with E-state index >= 15 is 0 Å². The fraction of sp³-hybridized carbons (Fsp3) is 0.462. The minimum atomic E-state index is -0.567. The fourth-order valence-corrected chi connectivity index (χ4v) is 1.39. The van der Waals surface area contributed by atoms with Gasteiger partial charge in [0.1, 0.15) is 11.6 Å². The number of nitrogens with one attached hydrogen (secondary N) is 1. The van der Waals surface area contributed by atoms with Crippen molar-refractivity contribution in [1.82, 2.24) is 5.32 Å². The second kappa shape index (κ2) is 6.93. The van der Waals surface area contributed by atoms with Crippen LogP contribution in [-0.2, 0) is 6.42 Å². The van der Waals surface area contributed by atoms with Crippen molar-refractivity contribution in [1.29, 1.82) is 0 Å². The molecule has 1 rings (SSSR count). The summed E-state index contributed by atoms with van der Waals surface area (Å²) in [6, 6.07) is 3.56.